The van der Waals surface area contributed by atoms with Crippen molar-refractivity contribution in [3.63, 3.8) is 0 Å². The van der Waals surface area contributed by atoms with Crippen molar-refractivity contribution in [1.29, 1.82) is 0 Å². The number of nitrogens with zero attached hydrogens (tertiary/aromatic N) is 2. The van der Waals surface area contributed by atoms with Gasteiger partial charge in [0, 0.05) is 25.0 Å². The summed E-state index contributed by atoms with van der Waals surface area (Å²) in [7, 11) is 0. The normalized spacial score (nSPS) is 10.2. The molecule has 0 saturated heterocycles. The Balaban J connectivity index is 1.82. The van der Waals surface area contributed by atoms with Crippen LogP contribution in [0.25, 0.3) is 0 Å². The topological polar surface area (TPSA) is 68.0 Å². The molecule has 0 spiro atoms. The maximum absolute atomic E-state index is 11.6. The van der Waals surface area contributed by atoms with Crippen LogP contribution in [-0.4, -0.2) is 16.0 Å². The summed E-state index contributed by atoms with van der Waals surface area (Å²) in [6, 6.07) is 5.48. The second kappa shape index (κ2) is 5.25. The molecular formula is C12H13N3O2. The Morgan fingerprint density at radius 2 is 2.18 bits per heavy atom. The summed E-state index contributed by atoms with van der Waals surface area (Å²) in [6.07, 6.45) is 3.63. The molecule has 2 aromatic heterocycles. The monoisotopic (exact) mass is 231 g/mol. The molecule has 88 valence electrons. The number of rotatable bonds is 4. The lowest BCUT2D eigenvalue weighted by Gasteiger charge is -2.03. The van der Waals surface area contributed by atoms with Crippen LogP contribution in [0.2, 0.25) is 0 Å². The number of aryl methyl sites for hydroxylation is 1. The van der Waals surface area contributed by atoms with Crippen molar-refractivity contribution >= 4 is 5.91 Å². The van der Waals surface area contributed by atoms with Gasteiger partial charge in [-0.1, -0.05) is 5.16 Å². The van der Waals surface area contributed by atoms with Crippen molar-refractivity contribution < 1.29 is 9.32 Å². The summed E-state index contributed by atoms with van der Waals surface area (Å²) in [5.41, 5.74) is 1.67. The van der Waals surface area contributed by atoms with E-state index in [1.807, 2.05) is 12.1 Å². The Labute approximate surface area is 98.8 Å². The van der Waals surface area contributed by atoms with Gasteiger partial charge in [0.1, 0.15) is 5.76 Å². The van der Waals surface area contributed by atoms with Gasteiger partial charge in [0.05, 0.1) is 12.1 Å². The Morgan fingerprint density at radius 3 is 2.82 bits per heavy atom. The molecule has 2 rings (SSSR count). The Kier molecular flexibility index (Phi) is 3.49. The van der Waals surface area contributed by atoms with Gasteiger partial charge >= 0.3 is 0 Å². The first kappa shape index (κ1) is 11.3. The fraction of sp³-hybridized carbons (Fsp3) is 0.250. The SMILES string of the molecule is Cc1cc(CC(=O)NCc2ccncc2)no1. The molecule has 0 aliphatic carbocycles. The van der Waals surface area contributed by atoms with E-state index in [1.165, 1.54) is 0 Å². The van der Waals surface area contributed by atoms with Crippen molar-refractivity contribution in [2.75, 3.05) is 0 Å². The molecule has 17 heavy (non-hydrogen) atoms. The van der Waals surface area contributed by atoms with Crippen LogP contribution in [0.5, 0.6) is 0 Å². The molecule has 1 N–H and O–H groups in total. The molecule has 0 atom stereocenters. The highest BCUT2D eigenvalue weighted by molar-refractivity contribution is 5.78. The summed E-state index contributed by atoms with van der Waals surface area (Å²) >= 11 is 0. The maximum atomic E-state index is 11.6. The second-order valence-corrected chi connectivity index (χ2v) is 3.74. The molecule has 2 heterocycles. The van der Waals surface area contributed by atoms with Crippen LogP contribution in [0.3, 0.4) is 0 Å². The third-order valence-electron chi connectivity index (χ3n) is 2.26. The molecular weight excluding hydrogens is 218 g/mol. The molecule has 0 radical (unpaired) electrons. The number of carbonyl (C=O) groups is 1. The predicted molar refractivity (Wildman–Crippen MR) is 61.0 cm³/mol. The maximum Gasteiger partial charge on any atom is 0.226 e. The number of hydrogen-bond donors (Lipinski definition) is 1. The quantitative estimate of drug-likeness (QED) is 0.859. The molecule has 0 aliphatic heterocycles. The van der Waals surface area contributed by atoms with E-state index in [0.717, 1.165) is 5.56 Å². The standard InChI is InChI=1S/C12H13N3O2/c1-9-6-11(15-17-9)7-12(16)14-8-10-2-4-13-5-3-10/h2-6H,7-8H2,1H3,(H,14,16). The van der Waals surface area contributed by atoms with Gasteiger partial charge in [0.25, 0.3) is 0 Å². The minimum Gasteiger partial charge on any atom is -0.361 e. The predicted octanol–water partition coefficient (Wildman–Crippen LogP) is 1.24. The number of pyridine rings is 1. The van der Waals surface area contributed by atoms with E-state index < -0.39 is 0 Å². The van der Waals surface area contributed by atoms with Crippen LogP contribution in [0.1, 0.15) is 17.0 Å². The van der Waals surface area contributed by atoms with Crippen LogP contribution in [0.15, 0.2) is 35.1 Å². The highest BCUT2D eigenvalue weighted by Gasteiger charge is 2.06. The third kappa shape index (κ3) is 3.41. The fourth-order valence-corrected chi connectivity index (χ4v) is 1.43. The molecule has 0 fully saturated rings. The average Bonchev–Trinajstić information content (AvgIpc) is 2.73. The molecule has 0 aromatic carbocycles. The Bertz CT molecular complexity index is 493. The van der Waals surface area contributed by atoms with Crippen LogP contribution >= 0.6 is 0 Å². The molecule has 2 aromatic rings. The van der Waals surface area contributed by atoms with E-state index in [2.05, 4.69) is 15.5 Å². The number of hydrogen-bond acceptors (Lipinski definition) is 4. The molecule has 0 aliphatic rings. The Hall–Kier alpha value is -2.17. The first-order valence-corrected chi connectivity index (χ1v) is 5.32. The van der Waals surface area contributed by atoms with Gasteiger partial charge < -0.3 is 9.84 Å². The zero-order valence-electron chi connectivity index (χ0n) is 9.51. The van der Waals surface area contributed by atoms with E-state index in [-0.39, 0.29) is 12.3 Å². The molecule has 5 heteroatoms. The van der Waals surface area contributed by atoms with E-state index >= 15 is 0 Å². The smallest absolute Gasteiger partial charge is 0.226 e. The van der Waals surface area contributed by atoms with Crippen molar-refractivity contribution in [1.82, 2.24) is 15.5 Å². The number of amides is 1. The zero-order chi connectivity index (χ0) is 12.1. The van der Waals surface area contributed by atoms with E-state index in [9.17, 15) is 4.79 Å². The average molecular weight is 231 g/mol. The van der Waals surface area contributed by atoms with Gasteiger partial charge in [-0.3, -0.25) is 9.78 Å². The van der Waals surface area contributed by atoms with E-state index in [4.69, 9.17) is 4.52 Å². The summed E-state index contributed by atoms with van der Waals surface area (Å²) in [6.45, 7) is 2.30. The van der Waals surface area contributed by atoms with Crippen molar-refractivity contribution in [3.05, 3.63) is 47.6 Å². The highest BCUT2D eigenvalue weighted by atomic mass is 16.5. The number of aromatic nitrogens is 2. The lowest BCUT2D eigenvalue weighted by Crippen LogP contribution is -2.24. The van der Waals surface area contributed by atoms with E-state index in [0.29, 0.717) is 18.0 Å². The lowest BCUT2D eigenvalue weighted by atomic mass is 10.2. The van der Waals surface area contributed by atoms with Crippen molar-refractivity contribution in [2.24, 2.45) is 0 Å². The van der Waals surface area contributed by atoms with Crippen LogP contribution in [-0.2, 0) is 17.8 Å². The first-order chi connectivity index (χ1) is 8.24. The van der Waals surface area contributed by atoms with Crippen LogP contribution in [0.4, 0.5) is 0 Å². The van der Waals surface area contributed by atoms with Gasteiger partial charge in [-0.15, -0.1) is 0 Å². The first-order valence-electron chi connectivity index (χ1n) is 5.32. The fourth-order valence-electron chi connectivity index (χ4n) is 1.43. The second-order valence-electron chi connectivity index (χ2n) is 3.74. The largest absolute Gasteiger partial charge is 0.361 e. The lowest BCUT2D eigenvalue weighted by molar-refractivity contribution is -0.120. The molecule has 0 bridgehead atoms. The molecule has 1 amide bonds. The van der Waals surface area contributed by atoms with Crippen LogP contribution < -0.4 is 5.32 Å². The van der Waals surface area contributed by atoms with Gasteiger partial charge in [0.2, 0.25) is 5.91 Å². The van der Waals surface area contributed by atoms with Gasteiger partial charge in [-0.2, -0.15) is 0 Å². The summed E-state index contributed by atoms with van der Waals surface area (Å²) < 4.78 is 4.89. The third-order valence-corrected chi connectivity index (χ3v) is 2.26. The van der Waals surface area contributed by atoms with Crippen molar-refractivity contribution in [2.45, 2.75) is 19.9 Å². The molecule has 0 saturated carbocycles. The molecule has 5 nitrogen and oxygen atoms in total. The highest BCUT2D eigenvalue weighted by Crippen LogP contribution is 2.02. The number of nitrogens with one attached hydrogen (secondary N) is 1. The zero-order valence-corrected chi connectivity index (χ0v) is 9.51. The van der Waals surface area contributed by atoms with E-state index in [1.54, 1.807) is 25.4 Å². The molecule has 0 unspecified atom stereocenters. The minimum absolute atomic E-state index is 0.0740. The van der Waals surface area contributed by atoms with Gasteiger partial charge in [-0.05, 0) is 24.6 Å². The summed E-state index contributed by atoms with van der Waals surface area (Å²) in [5.74, 6) is 0.636. The summed E-state index contributed by atoms with van der Waals surface area (Å²) in [4.78, 5) is 15.5. The number of carbonyl (C=O) groups excluding carboxylic acids is 1. The van der Waals surface area contributed by atoms with Gasteiger partial charge in [0.15, 0.2) is 0 Å². The Morgan fingerprint density at radius 1 is 1.41 bits per heavy atom. The van der Waals surface area contributed by atoms with Crippen LogP contribution in [0, 0.1) is 6.92 Å². The van der Waals surface area contributed by atoms with Crippen molar-refractivity contribution in [3.8, 4) is 0 Å². The summed E-state index contributed by atoms with van der Waals surface area (Å²) in [5, 5.41) is 6.57. The van der Waals surface area contributed by atoms with Gasteiger partial charge in [-0.25, -0.2) is 0 Å². The minimum atomic E-state index is -0.0740.